The molecule has 0 saturated carbocycles. The number of hydrogen-bond acceptors (Lipinski definition) is 5. The molecule has 1 aliphatic heterocycles. The van der Waals surface area contributed by atoms with Crippen molar-refractivity contribution >= 4 is 0 Å². The van der Waals surface area contributed by atoms with E-state index in [-0.39, 0.29) is 5.75 Å². The highest BCUT2D eigenvalue weighted by Crippen LogP contribution is 2.47. The number of phenolic OH excluding ortho intramolecular Hbond substituents is 1. The second-order valence-corrected chi connectivity index (χ2v) is 5.77. The van der Waals surface area contributed by atoms with Crippen LogP contribution in [0.15, 0.2) is 24.3 Å². The summed E-state index contributed by atoms with van der Waals surface area (Å²) in [4.78, 5) is 0. The van der Waals surface area contributed by atoms with Gasteiger partial charge in [-0.25, -0.2) is 0 Å². The standard InChI is InChI=1S/C13H20N2O3/c1-12(2)13(3,4)15(18)11(14(12)17)9-5-7-10(16)8-6-9/h5-8,11,16-18H,1-4H3. The van der Waals surface area contributed by atoms with Crippen molar-refractivity contribution in [2.45, 2.75) is 44.9 Å². The van der Waals surface area contributed by atoms with Gasteiger partial charge in [0.2, 0.25) is 0 Å². The van der Waals surface area contributed by atoms with Gasteiger partial charge in [-0.1, -0.05) is 12.1 Å². The molecule has 0 unspecified atom stereocenters. The molecule has 0 amide bonds. The topological polar surface area (TPSA) is 67.2 Å². The summed E-state index contributed by atoms with van der Waals surface area (Å²) in [7, 11) is 0. The molecule has 100 valence electrons. The van der Waals surface area contributed by atoms with Gasteiger partial charge in [0.25, 0.3) is 0 Å². The molecular weight excluding hydrogens is 232 g/mol. The average molecular weight is 252 g/mol. The fourth-order valence-corrected chi connectivity index (χ4v) is 2.20. The van der Waals surface area contributed by atoms with E-state index in [9.17, 15) is 15.5 Å². The Kier molecular flexibility index (Phi) is 2.90. The lowest BCUT2D eigenvalue weighted by Gasteiger charge is -2.37. The predicted molar refractivity (Wildman–Crippen MR) is 66.3 cm³/mol. The SMILES string of the molecule is CC1(C)N(O)C(c2ccc(O)cc2)N(O)C1(C)C. The molecule has 2 rings (SSSR count). The first-order valence-electron chi connectivity index (χ1n) is 5.95. The van der Waals surface area contributed by atoms with E-state index in [1.54, 1.807) is 12.1 Å². The average Bonchev–Trinajstić information content (AvgIpc) is 2.41. The Morgan fingerprint density at radius 2 is 1.28 bits per heavy atom. The largest absolute Gasteiger partial charge is 0.508 e. The number of aromatic hydroxyl groups is 1. The van der Waals surface area contributed by atoms with Gasteiger partial charge >= 0.3 is 0 Å². The molecule has 1 aliphatic rings. The predicted octanol–water partition coefficient (Wildman–Crippen LogP) is 2.34. The molecule has 1 fully saturated rings. The molecular formula is C13H20N2O3. The summed E-state index contributed by atoms with van der Waals surface area (Å²) < 4.78 is 0. The first kappa shape index (κ1) is 13.3. The van der Waals surface area contributed by atoms with Gasteiger partial charge in [0.15, 0.2) is 0 Å². The molecule has 5 nitrogen and oxygen atoms in total. The smallest absolute Gasteiger partial charge is 0.136 e. The van der Waals surface area contributed by atoms with Crippen molar-refractivity contribution in [3.05, 3.63) is 29.8 Å². The van der Waals surface area contributed by atoms with Crippen LogP contribution in [0.4, 0.5) is 0 Å². The molecule has 1 aromatic carbocycles. The monoisotopic (exact) mass is 252 g/mol. The maximum absolute atomic E-state index is 10.3. The summed E-state index contributed by atoms with van der Waals surface area (Å²) in [6.07, 6.45) is -0.643. The molecule has 0 bridgehead atoms. The number of nitrogens with zero attached hydrogens (tertiary/aromatic N) is 2. The van der Waals surface area contributed by atoms with Gasteiger partial charge in [-0.15, -0.1) is 0 Å². The van der Waals surface area contributed by atoms with E-state index in [1.165, 1.54) is 12.1 Å². The zero-order valence-corrected chi connectivity index (χ0v) is 11.1. The Hall–Kier alpha value is -1.14. The lowest BCUT2D eigenvalue weighted by Crippen LogP contribution is -2.52. The van der Waals surface area contributed by atoms with Gasteiger partial charge in [-0.2, -0.15) is 10.1 Å². The first-order chi connectivity index (χ1) is 8.19. The lowest BCUT2D eigenvalue weighted by atomic mass is 9.84. The van der Waals surface area contributed by atoms with Gasteiger partial charge < -0.3 is 15.5 Å². The van der Waals surface area contributed by atoms with Gasteiger partial charge in [0, 0.05) is 0 Å². The van der Waals surface area contributed by atoms with Crippen LogP contribution in [0.1, 0.15) is 39.4 Å². The molecule has 0 radical (unpaired) electrons. The minimum atomic E-state index is -0.643. The van der Waals surface area contributed by atoms with Crippen LogP contribution in [-0.4, -0.2) is 36.7 Å². The van der Waals surface area contributed by atoms with E-state index in [4.69, 9.17) is 0 Å². The zero-order chi connectivity index (χ0) is 13.7. The van der Waals surface area contributed by atoms with Gasteiger partial charge in [-0.05, 0) is 45.4 Å². The minimum absolute atomic E-state index is 0.157. The number of benzene rings is 1. The van der Waals surface area contributed by atoms with Crippen molar-refractivity contribution in [1.82, 2.24) is 10.1 Å². The normalized spacial score (nSPS) is 24.6. The Balaban J connectivity index is 2.44. The molecule has 0 spiro atoms. The highest BCUT2D eigenvalue weighted by Gasteiger charge is 2.58. The summed E-state index contributed by atoms with van der Waals surface area (Å²) in [6.45, 7) is 7.49. The molecule has 3 N–H and O–H groups in total. The second-order valence-electron chi connectivity index (χ2n) is 5.77. The van der Waals surface area contributed by atoms with Crippen molar-refractivity contribution in [2.75, 3.05) is 0 Å². The molecule has 0 atom stereocenters. The van der Waals surface area contributed by atoms with Crippen molar-refractivity contribution in [3.63, 3.8) is 0 Å². The van der Waals surface area contributed by atoms with Crippen LogP contribution in [0, 0.1) is 0 Å². The fourth-order valence-electron chi connectivity index (χ4n) is 2.20. The van der Waals surface area contributed by atoms with Crippen LogP contribution in [0.5, 0.6) is 5.75 Å². The van der Waals surface area contributed by atoms with Crippen LogP contribution in [0.25, 0.3) is 0 Å². The Morgan fingerprint density at radius 3 is 1.67 bits per heavy atom. The quantitative estimate of drug-likeness (QED) is 0.716. The number of phenols is 1. The molecule has 5 heteroatoms. The Morgan fingerprint density at radius 1 is 0.889 bits per heavy atom. The molecule has 18 heavy (non-hydrogen) atoms. The van der Waals surface area contributed by atoms with E-state index in [2.05, 4.69) is 0 Å². The van der Waals surface area contributed by atoms with Crippen LogP contribution in [-0.2, 0) is 0 Å². The Bertz CT molecular complexity index is 422. The third-order valence-electron chi connectivity index (χ3n) is 4.30. The second kappa shape index (κ2) is 3.93. The van der Waals surface area contributed by atoms with E-state index in [0.717, 1.165) is 15.7 Å². The van der Waals surface area contributed by atoms with E-state index < -0.39 is 17.2 Å². The third kappa shape index (κ3) is 1.63. The van der Waals surface area contributed by atoms with Crippen LogP contribution in [0.2, 0.25) is 0 Å². The van der Waals surface area contributed by atoms with Gasteiger partial charge in [0.1, 0.15) is 11.9 Å². The molecule has 1 heterocycles. The maximum Gasteiger partial charge on any atom is 0.136 e. The summed E-state index contributed by atoms with van der Waals surface area (Å²) in [5.41, 5.74) is -0.495. The molecule has 1 aromatic rings. The third-order valence-corrected chi connectivity index (χ3v) is 4.30. The van der Waals surface area contributed by atoms with Crippen LogP contribution < -0.4 is 0 Å². The van der Waals surface area contributed by atoms with Crippen molar-refractivity contribution in [3.8, 4) is 5.75 Å². The summed E-state index contributed by atoms with van der Waals surface area (Å²) in [6, 6.07) is 6.44. The molecule has 1 saturated heterocycles. The van der Waals surface area contributed by atoms with Gasteiger partial charge in [0.05, 0.1) is 11.1 Å². The van der Waals surface area contributed by atoms with Crippen molar-refractivity contribution in [1.29, 1.82) is 0 Å². The summed E-state index contributed by atoms with van der Waals surface area (Å²) >= 11 is 0. The van der Waals surface area contributed by atoms with Gasteiger partial charge in [-0.3, -0.25) is 0 Å². The minimum Gasteiger partial charge on any atom is -0.508 e. The Labute approximate surface area is 107 Å². The maximum atomic E-state index is 10.3. The highest BCUT2D eigenvalue weighted by atomic mass is 16.6. The number of hydroxylamine groups is 4. The zero-order valence-electron chi connectivity index (χ0n) is 11.1. The number of rotatable bonds is 1. The summed E-state index contributed by atoms with van der Waals surface area (Å²) in [5.74, 6) is 0.157. The lowest BCUT2D eigenvalue weighted by molar-refractivity contribution is -0.223. The molecule has 0 aromatic heterocycles. The fraction of sp³-hybridized carbons (Fsp3) is 0.538. The van der Waals surface area contributed by atoms with Crippen LogP contribution in [0.3, 0.4) is 0 Å². The first-order valence-corrected chi connectivity index (χ1v) is 5.95. The van der Waals surface area contributed by atoms with Crippen molar-refractivity contribution < 1.29 is 15.5 Å². The molecule has 0 aliphatic carbocycles. The number of hydrogen-bond donors (Lipinski definition) is 3. The van der Waals surface area contributed by atoms with E-state index in [1.807, 2.05) is 27.7 Å². The highest BCUT2D eigenvalue weighted by molar-refractivity contribution is 5.29. The van der Waals surface area contributed by atoms with Crippen molar-refractivity contribution in [2.24, 2.45) is 0 Å². The van der Waals surface area contributed by atoms with E-state index in [0.29, 0.717) is 0 Å². The summed E-state index contributed by atoms with van der Waals surface area (Å²) in [5, 5.41) is 32.2. The van der Waals surface area contributed by atoms with Crippen LogP contribution >= 0.6 is 0 Å². The van der Waals surface area contributed by atoms with E-state index >= 15 is 0 Å².